The average molecular weight is 1930 g/mol. The van der Waals surface area contributed by atoms with Crippen LogP contribution in [-0.2, 0) is 5.41 Å². The lowest BCUT2D eigenvalue weighted by Crippen LogP contribution is -2.25. The highest BCUT2D eigenvalue weighted by atomic mass is 32.1. The molecule has 0 bridgehead atoms. The van der Waals surface area contributed by atoms with Crippen molar-refractivity contribution in [3.05, 3.63) is 574 Å². The summed E-state index contributed by atoms with van der Waals surface area (Å²) < 4.78 is 22.0. The van der Waals surface area contributed by atoms with E-state index in [1.165, 1.54) is 147 Å². The molecule has 150 heavy (non-hydrogen) atoms. The average Bonchev–Trinajstić information content (AvgIpc) is 1.50. The van der Waals surface area contributed by atoms with Crippen molar-refractivity contribution < 1.29 is 13.3 Å². The van der Waals surface area contributed by atoms with E-state index < -0.39 is 5.41 Å². The fourth-order valence-electron chi connectivity index (χ4n) is 24.1. The van der Waals surface area contributed by atoms with E-state index in [1.54, 1.807) is 0 Å². The SMILES string of the molecule is c1cc(-c2ccc3c(c2)-c2c(ccc4ccccc24)C32c3ccccc3-c3ccccc32)cc(N(c2cccc3ccccc23)c2cccc3c2oc2ccccc23)c1.c1ccc(-c2ccc(N(c3ccc(-c4ccccc4)cc3)c3cc4c5ccccc5oc4c4ccccc34)cc2)cc1.c1ccc(-c2ccc(N(c3ccc4oc5ccccc5c4c3)c3ccccc3-c3cccc4sc5ccc6ccccc6c5c34)cc2)cc1. The molecule has 0 saturated heterocycles. The summed E-state index contributed by atoms with van der Waals surface area (Å²) in [5, 5.41) is 19.0. The van der Waals surface area contributed by atoms with Gasteiger partial charge in [-0.1, -0.05) is 425 Å². The van der Waals surface area contributed by atoms with Gasteiger partial charge in [0.2, 0.25) is 0 Å². The van der Waals surface area contributed by atoms with E-state index in [9.17, 15) is 0 Å². The van der Waals surface area contributed by atoms with Gasteiger partial charge >= 0.3 is 0 Å². The predicted octanol–water partition coefficient (Wildman–Crippen LogP) is 40.8. The smallest absolute Gasteiger partial charge is 0.159 e. The van der Waals surface area contributed by atoms with Crippen molar-refractivity contribution in [1.29, 1.82) is 0 Å². The number of nitrogens with zero attached hydrogens (tertiary/aromatic N) is 3. The van der Waals surface area contributed by atoms with Gasteiger partial charge in [-0.15, -0.1) is 11.3 Å². The topological polar surface area (TPSA) is 49.1 Å². The Kier molecular flexibility index (Phi) is 21.0. The lowest BCUT2D eigenvalue weighted by atomic mass is 9.70. The van der Waals surface area contributed by atoms with Gasteiger partial charge in [0.25, 0.3) is 0 Å². The predicted molar refractivity (Wildman–Crippen MR) is 632 cm³/mol. The third kappa shape index (κ3) is 14.4. The first-order valence-corrected chi connectivity index (χ1v) is 52.1. The first kappa shape index (κ1) is 87.2. The number of para-hydroxylation sites is 5. The molecule has 4 aromatic heterocycles. The minimum atomic E-state index is -0.404. The Morgan fingerprint density at radius 2 is 0.553 bits per heavy atom. The Hall–Kier alpha value is -19.4. The van der Waals surface area contributed by atoms with Crippen LogP contribution in [0.3, 0.4) is 0 Å². The number of benzene rings is 25. The molecule has 31 rings (SSSR count). The molecule has 0 N–H and O–H groups in total. The number of hydrogen-bond donors (Lipinski definition) is 0. The van der Waals surface area contributed by atoms with Gasteiger partial charge in [0, 0.05) is 103 Å². The van der Waals surface area contributed by atoms with E-state index in [1.807, 2.05) is 41.7 Å². The zero-order valence-corrected chi connectivity index (χ0v) is 82.3. The summed E-state index contributed by atoms with van der Waals surface area (Å²) >= 11 is 1.87. The molecule has 0 amide bonds. The van der Waals surface area contributed by atoms with Crippen LogP contribution in [0.4, 0.5) is 51.2 Å². The monoisotopic (exact) mass is 1930 g/mol. The molecule has 25 aromatic carbocycles. The Labute approximate surface area is 870 Å². The molecule has 0 saturated carbocycles. The van der Waals surface area contributed by atoms with Crippen LogP contribution in [0, 0.1) is 0 Å². The summed E-state index contributed by atoms with van der Waals surface area (Å²) in [5.41, 5.74) is 37.4. The maximum absolute atomic E-state index is 6.71. The second-order valence-electron chi connectivity index (χ2n) is 39.0. The van der Waals surface area contributed by atoms with Crippen molar-refractivity contribution in [2.75, 3.05) is 14.7 Å². The van der Waals surface area contributed by atoms with Crippen molar-refractivity contribution in [1.82, 2.24) is 0 Å². The normalized spacial score (nSPS) is 12.2. The van der Waals surface area contributed by atoms with Gasteiger partial charge in [-0.3, -0.25) is 0 Å². The molecule has 0 aliphatic heterocycles. The van der Waals surface area contributed by atoms with E-state index in [0.717, 1.165) is 133 Å². The molecule has 0 fully saturated rings. The van der Waals surface area contributed by atoms with Crippen LogP contribution in [0.1, 0.15) is 22.3 Å². The van der Waals surface area contributed by atoms with E-state index >= 15 is 0 Å². The second kappa shape index (κ2) is 36.1. The molecule has 6 nitrogen and oxygen atoms in total. The molecule has 2 aliphatic rings. The first-order valence-electron chi connectivity index (χ1n) is 51.3. The zero-order valence-electron chi connectivity index (χ0n) is 81.5. The molecule has 2 aliphatic carbocycles. The summed E-state index contributed by atoms with van der Waals surface area (Å²) in [7, 11) is 0. The quantitative estimate of drug-likeness (QED) is 0.108. The van der Waals surface area contributed by atoms with Crippen LogP contribution < -0.4 is 14.7 Å². The van der Waals surface area contributed by atoms with Crippen molar-refractivity contribution in [2.24, 2.45) is 0 Å². The lowest BCUT2D eigenvalue weighted by molar-refractivity contribution is 0.668. The summed E-state index contributed by atoms with van der Waals surface area (Å²) in [6.07, 6.45) is 0. The Bertz CT molecular complexity index is 10200. The molecule has 0 unspecified atom stereocenters. The van der Waals surface area contributed by atoms with E-state index in [-0.39, 0.29) is 0 Å². The summed E-state index contributed by atoms with van der Waals surface area (Å²) in [6, 6.07) is 199. The minimum Gasteiger partial charge on any atom is -0.456 e. The second-order valence-corrected chi connectivity index (χ2v) is 40.1. The van der Waals surface area contributed by atoms with Crippen LogP contribution in [0.25, 0.3) is 207 Å². The Balaban J connectivity index is 0.000000107. The van der Waals surface area contributed by atoms with Crippen LogP contribution in [0.2, 0.25) is 0 Å². The van der Waals surface area contributed by atoms with Crippen molar-refractivity contribution in [2.45, 2.75) is 5.41 Å². The van der Waals surface area contributed by atoms with Crippen LogP contribution in [0.5, 0.6) is 0 Å². The number of anilines is 9. The minimum absolute atomic E-state index is 0.404. The molecule has 0 atom stereocenters. The Morgan fingerprint density at radius 3 is 1.20 bits per heavy atom. The van der Waals surface area contributed by atoms with Gasteiger partial charge in [-0.05, 0) is 249 Å². The van der Waals surface area contributed by atoms with Gasteiger partial charge in [-0.2, -0.15) is 0 Å². The molecular formula is C143H91N3O3S. The third-order valence-electron chi connectivity index (χ3n) is 30.8. The van der Waals surface area contributed by atoms with Crippen molar-refractivity contribution in [3.8, 4) is 77.9 Å². The largest absolute Gasteiger partial charge is 0.456 e. The lowest BCUT2D eigenvalue weighted by Gasteiger charge is -2.30. The van der Waals surface area contributed by atoms with Gasteiger partial charge in [0.15, 0.2) is 5.58 Å². The fourth-order valence-corrected chi connectivity index (χ4v) is 25.2. The number of hydrogen-bond acceptors (Lipinski definition) is 7. The summed E-state index contributed by atoms with van der Waals surface area (Å²) in [5.74, 6) is 0. The highest BCUT2D eigenvalue weighted by Crippen LogP contribution is 2.65. The van der Waals surface area contributed by atoms with Gasteiger partial charge < -0.3 is 28.0 Å². The summed E-state index contributed by atoms with van der Waals surface area (Å²) in [4.78, 5) is 7.15. The molecule has 702 valence electrons. The van der Waals surface area contributed by atoms with Crippen LogP contribution >= 0.6 is 11.3 Å². The molecule has 7 heteroatoms. The highest BCUT2D eigenvalue weighted by Gasteiger charge is 2.52. The van der Waals surface area contributed by atoms with Gasteiger partial charge in [0.1, 0.15) is 27.9 Å². The van der Waals surface area contributed by atoms with Gasteiger partial charge in [0.05, 0.1) is 28.2 Å². The first-order chi connectivity index (χ1) is 74.4. The van der Waals surface area contributed by atoms with E-state index in [0.29, 0.717) is 0 Å². The number of furan rings is 3. The highest BCUT2D eigenvalue weighted by molar-refractivity contribution is 7.26. The Morgan fingerprint density at radius 1 is 0.167 bits per heavy atom. The molecule has 4 heterocycles. The molecule has 29 aromatic rings. The van der Waals surface area contributed by atoms with Gasteiger partial charge in [-0.25, -0.2) is 0 Å². The van der Waals surface area contributed by atoms with E-state index in [4.69, 9.17) is 13.3 Å². The van der Waals surface area contributed by atoms with Crippen molar-refractivity contribution in [3.63, 3.8) is 0 Å². The number of rotatable bonds is 14. The number of thiophene rings is 1. The molecular weight excluding hydrogens is 1840 g/mol. The van der Waals surface area contributed by atoms with Crippen molar-refractivity contribution >= 4 is 192 Å². The number of fused-ring (bicyclic) bond motifs is 29. The van der Waals surface area contributed by atoms with Crippen LogP contribution in [-0.4, -0.2) is 0 Å². The summed E-state index contributed by atoms with van der Waals surface area (Å²) in [6.45, 7) is 0. The molecule has 1 spiro atoms. The maximum Gasteiger partial charge on any atom is 0.159 e. The maximum atomic E-state index is 6.71. The van der Waals surface area contributed by atoms with E-state index in [2.05, 4.69) is 536 Å². The standard InChI is InChI=1S/C57H35NO.C46H29NOS.C40H27NO/c1-3-19-41-36(14-1)16-12-27-52(41)58(53-28-13-24-46-45-23-7-10-29-54(45)59-56(46)53)40-18-11-17-38(34-40)39-31-32-50-47(35-39)55-42-20-4-2-15-37(42)30-33-51(55)57(50)48-25-8-5-21-43(48)44-22-6-9-26-49(44)57;1-2-11-30(12-3-1)31-21-24-33(25-22-31)47(34-26-27-42-39(29-34)37-16-7-9-19-41(37)48-42)40-18-8-6-15-36(40)38-17-10-20-43-46(38)45-35-14-5-4-13-32(35)23-28-44(45)49-43;1-3-11-28(12-4-1)30-19-23-32(24-20-30)41(33-25-21-31(22-26-33)29-13-5-2-6-14-29)38-27-37-35-16-9-10-18-39(35)42-40(37)36-17-8-7-15-34(36)38/h1-35H;1-29H;1-27H. The fraction of sp³-hybridized carbons (Fsp3) is 0.00699. The van der Waals surface area contributed by atoms with Crippen LogP contribution in [0.15, 0.2) is 565 Å². The molecule has 0 radical (unpaired) electrons. The third-order valence-corrected chi connectivity index (χ3v) is 31.9. The zero-order chi connectivity index (χ0) is 98.9.